The van der Waals surface area contributed by atoms with Crippen LogP contribution in [0, 0.1) is 0 Å². The average molecular weight is 405 g/mol. The minimum Gasteiger partial charge on any atom is -0.388 e. The first-order chi connectivity index (χ1) is 13.5. The standard InChI is InChI=1S/C20H22F3N5O/c1-18(2,29)16(12-4-6-13(7-5-12)19(3)8-9-19)27-15-10-14(20(21,22)23)26-17-24-11-25-28(15)17/h4-7,10-11,16,27,29H,8-9H2,1-3H3. The van der Waals surface area contributed by atoms with Crippen molar-refractivity contribution in [3.8, 4) is 0 Å². The second-order valence-corrected chi connectivity index (χ2v) is 8.41. The molecule has 1 unspecified atom stereocenters. The fourth-order valence-corrected chi connectivity index (χ4v) is 3.43. The molecule has 0 amide bonds. The largest absolute Gasteiger partial charge is 0.433 e. The molecule has 2 heterocycles. The second-order valence-electron chi connectivity index (χ2n) is 8.41. The Morgan fingerprint density at radius 3 is 2.38 bits per heavy atom. The number of rotatable bonds is 5. The quantitative estimate of drug-likeness (QED) is 0.668. The number of aliphatic hydroxyl groups is 1. The van der Waals surface area contributed by atoms with Crippen LogP contribution in [-0.4, -0.2) is 30.3 Å². The molecule has 0 spiro atoms. The summed E-state index contributed by atoms with van der Waals surface area (Å²) in [5, 5.41) is 17.7. The topological polar surface area (TPSA) is 75.3 Å². The fourth-order valence-electron chi connectivity index (χ4n) is 3.43. The molecule has 154 valence electrons. The first-order valence-corrected chi connectivity index (χ1v) is 9.35. The molecule has 6 nitrogen and oxygen atoms in total. The van der Waals surface area contributed by atoms with Gasteiger partial charge in [-0.2, -0.15) is 27.8 Å². The van der Waals surface area contributed by atoms with Gasteiger partial charge < -0.3 is 10.4 Å². The van der Waals surface area contributed by atoms with Crippen LogP contribution in [0.5, 0.6) is 0 Å². The summed E-state index contributed by atoms with van der Waals surface area (Å²) >= 11 is 0. The van der Waals surface area contributed by atoms with Crippen LogP contribution in [0.2, 0.25) is 0 Å². The summed E-state index contributed by atoms with van der Waals surface area (Å²) < 4.78 is 41.0. The van der Waals surface area contributed by atoms with Gasteiger partial charge in [0.1, 0.15) is 12.1 Å². The molecule has 0 aliphatic heterocycles. The van der Waals surface area contributed by atoms with Crippen molar-refractivity contribution in [2.75, 3.05) is 5.32 Å². The molecule has 1 fully saturated rings. The van der Waals surface area contributed by atoms with Crippen molar-refractivity contribution in [2.24, 2.45) is 0 Å². The normalized spacial score (nSPS) is 17.3. The lowest BCUT2D eigenvalue weighted by Crippen LogP contribution is -2.35. The summed E-state index contributed by atoms with van der Waals surface area (Å²) in [5.74, 6) is -0.126. The summed E-state index contributed by atoms with van der Waals surface area (Å²) in [6.45, 7) is 5.40. The number of nitrogens with one attached hydrogen (secondary N) is 1. The van der Waals surface area contributed by atoms with Crippen molar-refractivity contribution in [1.29, 1.82) is 0 Å². The Kier molecular flexibility index (Phi) is 4.34. The molecule has 4 rings (SSSR count). The Labute approximate surface area is 165 Å². The van der Waals surface area contributed by atoms with Gasteiger partial charge >= 0.3 is 6.18 Å². The summed E-state index contributed by atoms with van der Waals surface area (Å²) in [6, 6.07) is 8.03. The Balaban J connectivity index is 1.73. The summed E-state index contributed by atoms with van der Waals surface area (Å²) in [5.41, 5.74) is -0.163. The van der Waals surface area contributed by atoms with Crippen molar-refractivity contribution < 1.29 is 18.3 Å². The van der Waals surface area contributed by atoms with E-state index in [1.54, 1.807) is 13.8 Å². The van der Waals surface area contributed by atoms with Gasteiger partial charge in [-0.05, 0) is 43.2 Å². The lowest BCUT2D eigenvalue weighted by Gasteiger charge is -2.32. The van der Waals surface area contributed by atoms with Crippen molar-refractivity contribution in [2.45, 2.75) is 56.8 Å². The number of benzene rings is 1. The highest BCUT2D eigenvalue weighted by Gasteiger charge is 2.39. The van der Waals surface area contributed by atoms with E-state index in [1.165, 1.54) is 10.1 Å². The smallest absolute Gasteiger partial charge is 0.388 e. The van der Waals surface area contributed by atoms with Gasteiger partial charge in [-0.25, -0.2) is 4.98 Å². The maximum absolute atomic E-state index is 13.3. The SMILES string of the molecule is CC1(c2ccc(C(Nc3cc(C(F)(F)F)nc4ncnn34)C(C)(C)O)cc2)CC1. The van der Waals surface area contributed by atoms with Crippen LogP contribution in [0.4, 0.5) is 19.0 Å². The molecule has 1 atom stereocenters. The summed E-state index contributed by atoms with van der Waals surface area (Å²) in [7, 11) is 0. The molecule has 0 bridgehead atoms. The highest BCUT2D eigenvalue weighted by Crippen LogP contribution is 2.47. The maximum atomic E-state index is 13.3. The van der Waals surface area contributed by atoms with Crippen LogP contribution in [0.25, 0.3) is 5.78 Å². The van der Waals surface area contributed by atoms with Crippen LogP contribution in [-0.2, 0) is 11.6 Å². The average Bonchev–Trinajstić information content (AvgIpc) is 3.20. The number of anilines is 1. The van der Waals surface area contributed by atoms with Crippen molar-refractivity contribution >= 4 is 11.6 Å². The fraction of sp³-hybridized carbons (Fsp3) is 0.450. The molecule has 2 aromatic heterocycles. The van der Waals surface area contributed by atoms with E-state index >= 15 is 0 Å². The minimum atomic E-state index is -4.63. The first-order valence-electron chi connectivity index (χ1n) is 9.35. The predicted octanol–water partition coefficient (Wildman–Crippen LogP) is 4.12. The third-order valence-corrected chi connectivity index (χ3v) is 5.48. The van der Waals surface area contributed by atoms with E-state index in [1.807, 2.05) is 24.3 Å². The lowest BCUT2D eigenvalue weighted by molar-refractivity contribution is -0.141. The van der Waals surface area contributed by atoms with E-state index in [4.69, 9.17) is 0 Å². The van der Waals surface area contributed by atoms with Gasteiger partial charge in [-0.3, -0.25) is 0 Å². The van der Waals surface area contributed by atoms with Gasteiger partial charge in [0.2, 0.25) is 0 Å². The van der Waals surface area contributed by atoms with Gasteiger partial charge in [-0.15, -0.1) is 0 Å². The molecule has 1 aliphatic carbocycles. The zero-order valence-electron chi connectivity index (χ0n) is 16.3. The van der Waals surface area contributed by atoms with E-state index in [9.17, 15) is 18.3 Å². The number of halogens is 3. The molecular formula is C20H22F3N5O. The zero-order valence-corrected chi connectivity index (χ0v) is 16.3. The number of aromatic nitrogens is 4. The van der Waals surface area contributed by atoms with E-state index in [0.717, 1.165) is 30.8 Å². The number of hydrogen-bond donors (Lipinski definition) is 2. The van der Waals surface area contributed by atoms with Crippen LogP contribution in [0.15, 0.2) is 36.7 Å². The van der Waals surface area contributed by atoms with Gasteiger partial charge in [-0.1, -0.05) is 31.2 Å². The highest BCUT2D eigenvalue weighted by atomic mass is 19.4. The highest BCUT2D eigenvalue weighted by molar-refractivity contribution is 5.48. The number of fused-ring (bicyclic) bond motifs is 1. The maximum Gasteiger partial charge on any atom is 0.433 e. The van der Waals surface area contributed by atoms with Gasteiger partial charge in [0.05, 0.1) is 11.6 Å². The molecule has 3 aromatic rings. The summed E-state index contributed by atoms with van der Waals surface area (Å²) in [4.78, 5) is 7.30. The molecule has 9 heteroatoms. The molecule has 1 aliphatic rings. The Bertz CT molecular complexity index is 1030. The first kappa shape index (κ1) is 19.6. The van der Waals surface area contributed by atoms with E-state index in [-0.39, 0.29) is 17.0 Å². The monoisotopic (exact) mass is 405 g/mol. The van der Waals surface area contributed by atoms with Gasteiger partial charge in [0, 0.05) is 6.07 Å². The van der Waals surface area contributed by atoms with Gasteiger partial charge in [0.25, 0.3) is 5.78 Å². The van der Waals surface area contributed by atoms with Crippen LogP contribution in [0.3, 0.4) is 0 Å². The molecular weight excluding hydrogens is 383 g/mol. The van der Waals surface area contributed by atoms with Crippen LogP contribution < -0.4 is 5.32 Å². The summed E-state index contributed by atoms with van der Waals surface area (Å²) in [6.07, 6.45) is -1.21. The minimum absolute atomic E-state index is 0.0465. The molecule has 29 heavy (non-hydrogen) atoms. The van der Waals surface area contributed by atoms with E-state index < -0.39 is 23.5 Å². The second kappa shape index (κ2) is 6.41. The van der Waals surface area contributed by atoms with Crippen LogP contribution in [0.1, 0.15) is 56.5 Å². The Morgan fingerprint density at radius 1 is 1.17 bits per heavy atom. The number of nitrogens with zero attached hydrogens (tertiary/aromatic N) is 4. The predicted molar refractivity (Wildman–Crippen MR) is 101 cm³/mol. The van der Waals surface area contributed by atoms with Crippen molar-refractivity contribution in [1.82, 2.24) is 19.6 Å². The Hall–Kier alpha value is -2.68. The van der Waals surface area contributed by atoms with Crippen molar-refractivity contribution in [3.63, 3.8) is 0 Å². The number of alkyl halides is 3. The molecule has 0 radical (unpaired) electrons. The molecule has 2 N–H and O–H groups in total. The van der Waals surface area contributed by atoms with Crippen LogP contribution >= 0.6 is 0 Å². The van der Waals surface area contributed by atoms with E-state index in [0.29, 0.717) is 0 Å². The third kappa shape index (κ3) is 3.78. The lowest BCUT2D eigenvalue weighted by atomic mass is 9.89. The zero-order chi connectivity index (χ0) is 21.0. The third-order valence-electron chi connectivity index (χ3n) is 5.48. The van der Waals surface area contributed by atoms with Gasteiger partial charge in [0.15, 0.2) is 5.69 Å². The van der Waals surface area contributed by atoms with E-state index in [2.05, 4.69) is 27.3 Å². The molecule has 1 aromatic carbocycles. The molecule has 1 saturated carbocycles. The Morgan fingerprint density at radius 2 is 1.83 bits per heavy atom. The number of hydrogen-bond acceptors (Lipinski definition) is 5. The molecule has 0 saturated heterocycles. The van der Waals surface area contributed by atoms with Crippen molar-refractivity contribution in [3.05, 3.63) is 53.5 Å².